The third-order valence-electron chi connectivity index (χ3n) is 2.45. The molecule has 0 atom stereocenters. The van der Waals surface area contributed by atoms with Gasteiger partial charge in [0.2, 0.25) is 0 Å². The van der Waals surface area contributed by atoms with Crippen molar-refractivity contribution in [3.05, 3.63) is 52.5 Å². The molecule has 2 rings (SSSR count). The second kappa shape index (κ2) is 5.91. The average molecular weight is 333 g/mol. The third kappa shape index (κ3) is 3.36. The normalized spacial score (nSPS) is 11.2. The summed E-state index contributed by atoms with van der Waals surface area (Å²) in [7, 11) is -2.43. The summed E-state index contributed by atoms with van der Waals surface area (Å²) in [6.07, 6.45) is 0. The first-order valence-corrected chi connectivity index (χ1v) is 7.62. The molecule has 0 saturated carbocycles. The quantitative estimate of drug-likeness (QED) is 0.799. The minimum atomic E-state index is -3.93. The molecule has 0 amide bonds. The highest BCUT2D eigenvalue weighted by Crippen LogP contribution is 2.28. The topological polar surface area (TPSA) is 52.6 Å². The number of hydrogen-bond acceptors (Lipinski definition) is 4. The predicted molar refractivity (Wildman–Crippen MR) is 77.3 cm³/mol. The standard InChI is InChI=1S/C13H10Cl2O4S/c1-18-9-2-5-11(6-3-9)20(16,17)19-10-4-7-12(14)13(15)8-10/h2-8H,1H3. The van der Waals surface area contributed by atoms with Gasteiger partial charge in [0.25, 0.3) is 0 Å². The van der Waals surface area contributed by atoms with Crippen molar-refractivity contribution in [1.82, 2.24) is 0 Å². The van der Waals surface area contributed by atoms with Crippen molar-refractivity contribution in [2.45, 2.75) is 4.90 Å². The lowest BCUT2D eigenvalue weighted by Crippen LogP contribution is -2.09. The number of rotatable bonds is 4. The van der Waals surface area contributed by atoms with Gasteiger partial charge in [0.1, 0.15) is 16.4 Å². The van der Waals surface area contributed by atoms with E-state index >= 15 is 0 Å². The van der Waals surface area contributed by atoms with Gasteiger partial charge in [0.05, 0.1) is 17.2 Å². The molecule has 0 bridgehead atoms. The summed E-state index contributed by atoms with van der Waals surface area (Å²) in [6.45, 7) is 0. The summed E-state index contributed by atoms with van der Waals surface area (Å²) in [5.74, 6) is 0.647. The fourth-order valence-electron chi connectivity index (χ4n) is 1.45. The number of methoxy groups -OCH3 is 1. The predicted octanol–water partition coefficient (Wildman–Crippen LogP) is 3.77. The first-order valence-electron chi connectivity index (χ1n) is 5.46. The zero-order valence-electron chi connectivity index (χ0n) is 10.3. The molecule has 0 saturated heterocycles. The Hall–Kier alpha value is -1.43. The molecule has 0 aliphatic heterocycles. The number of halogens is 2. The summed E-state index contributed by atoms with van der Waals surface area (Å²) in [4.78, 5) is 0.0179. The highest BCUT2D eigenvalue weighted by atomic mass is 35.5. The van der Waals surface area contributed by atoms with Gasteiger partial charge < -0.3 is 8.92 Å². The Morgan fingerprint density at radius 1 is 0.900 bits per heavy atom. The second-order valence-corrected chi connectivity index (χ2v) is 6.15. The Labute approximate surface area is 127 Å². The van der Waals surface area contributed by atoms with Crippen molar-refractivity contribution >= 4 is 33.3 Å². The zero-order chi connectivity index (χ0) is 14.8. The van der Waals surface area contributed by atoms with Crippen molar-refractivity contribution < 1.29 is 17.3 Å². The van der Waals surface area contributed by atoms with Crippen LogP contribution >= 0.6 is 23.2 Å². The SMILES string of the molecule is COc1ccc(S(=O)(=O)Oc2ccc(Cl)c(Cl)c2)cc1. The summed E-state index contributed by atoms with van der Waals surface area (Å²) in [6, 6.07) is 10.1. The van der Waals surface area contributed by atoms with Gasteiger partial charge in [-0.15, -0.1) is 0 Å². The summed E-state index contributed by atoms with van der Waals surface area (Å²) >= 11 is 11.6. The molecule has 7 heteroatoms. The highest BCUT2D eigenvalue weighted by Gasteiger charge is 2.17. The van der Waals surface area contributed by atoms with E-state index in [2.05, 4.69) is 0 Å². The van der Waals surface area contributed by atoms with Crippen LogP contribution in [0.2, 0.25) is 10.0 Å². The second-order valence-electron chi connectivity index (χ2n) is 3.79. The maximum absolute atomic E-state index is 12.1. The number of ether oxygens (including phenoxy) is 1. The van der Waals surface area contributed by atoms with Crippen LogP contribution in [0.15, 0.2) is 47.4 Å². The van der Waals surface area contributed by atoms with Crippen molar-refractivity contribution in [2.75, 3.05) is 7.11 Å². The number of hydrogen-bond donors (Lipinski definition) is 0. The molecule has 0 spiro atoms. The Balaban J connectivity index is 2.27. The lowest BCUT2D eigenvalue weighted by atomic mass is 10.3. The molecular weight excluding hydrogens is 323 g/mol. The Morgan fingerprint density at radius 2 is 1.50 bits per heavy atom. The van der Waals surface area contributed by atoms with Crippen LogP contribution in [0.3, 0.4) is 0 Å². The van der Waals surface area contributed by atoms with E-state index in [9.17, 15) is 8.42 Å². The van der Waals surface area contributed by atoms with E-state index in [4.69, 9.17) is 32.1 Å². The lowest BCUT2D eigenvalue weighted by Gasteiger charge is -2.08. The average Bonchev–Trinajstić information content (AvgIpc) is 2.43. The Kier molecular flexibility index (Phi) is 4.42. The molecule has 0 radical (unpaired) electrons. The minimum absolute atomic E-state index is 0.0179. The summed E-state index contributed by atoms with van der Waals surface area (Å²) in [5.41, 5.74) is 0. The van der Waals surface area contributed by atoms with Crippen LogP contribution in [-0.2, 0) is 10.1 Å². The van der Waals surface area contributed by atoms with Crippen LogP contribution in [0.5, 0.6) is 11.5 Å². The molecule has 0 unspecified atom stereocenters. The van der Waals surface area contributed by atoms with Crippen LogP contribution in [-0.4, -0.2) is 15.5 Å². The van der Waals surface area contributed by atoms with Crippen molar-refractivity contribution in [1.29, 1.82) is 0 Å². The zero-order valence-corrected chi connectivity index (χ0v) is 12.7. The van der Waals surface area contributed by atoms with Gasteiger partial charge in [-0.05, 0) is 36.4 Å². The molecule has 0 fully saturated rings. The molecule has 2 aromatic carbocycles. The monoisotopic (exact) mass is 332 g/mol. The van der Waals surface area contributed by atoms with Crippen LogP contribution in [0.25, 0.3) is 0 Å². The summed E-state index contributed by atoms with van der Waals surface area (Å²) < 4.78 is 34.1. The highest BCUT2D eigenvalue weighted by molar-refractivity contribution is 7.87. The maximum Gasteiger partial charge on any atom is 0.339 e. The van der Waals surface area contributed by atoms with Gasteiger partial charge in [-0.2, -0.15) is 8.42 Å². The molecule has 0 aromatic heterocycles. The maximum atomic E-state index is 12.1. The molecule has 4 nitrogen and oxygen atoms in total. The van der Waals surface area contributed by atoms with E-state index in [0.29, 0.717) is 10.8 Å². The fraction of sp³-hybridized carbons (Fsp3) is 0.0769. The molecule has 106 valence electrons. The lowest BCUT2D eigenvalue weighted by molar-refractivity contribution is 0.414. The van der Waals surface area contributed by atoms with Crippen molar-refractivity contribution in [3.8, 4) is 11.5 Å². The minimum Gasteiger partial charge on any atom is -0.497 e. The molecule has 2 aromatic rings. The van der Waals surface area contributed by atoms with Crippen LogP contribution in [0, 0.1) is 0 Å². The first kappa shape index (κ1) is 15.0. The molecule has 0 aliphatic rings. The van der Waals surface area contributed by atoms with E-state index in [1.54, 1.807) is 0 Å². The molecule has 0 aliphatic carbocycles. The van der Waals surface area contributed by atoms with E-state index < -0.39 is 10.1 Å². The number of benzene rings is 2. The van der Waals surface area contributed by atoms with Gasteiger partial charge in [-0.3, -0.25) is 0 Å². The van der Waals surface area contributed by atoms with Crippen molar-refractivity contribution in [3.63, 3.8) is 0 Å². The third-order valence-corrected chi connectivity index (χ3v) is 4.45. The van der Waals surface area contributed by atoms with E-state index in [1.807, 2.05) is 0 Å². The smallest absolute Gasteiger partial charge is 0.339 e. The van der Waals surface area contributed by atoms with Gasteiger partial charge in [-0.25, -0.2) is 0 Å². The van der Waals surface area contributed by atoms with Crippen LogP contribution in [0.1, 0.15) is 0 Å². The fourth-order valence-corrected chi connectivity index (χ4v) is 2.66. The van der Waals surface area contributed by atoms with Crippen LogP contribution < -0.4 is 8.92 Å². The van der Waals surface area contributed by atoms with Gasteiger partial charge in [-0.1, -0.05) is 23.2 Å². The van der Waals surface area contributed by atoms with Gasteiger partial charge >= 0.3 is 10.1 Å². The summed E-state index contributed by atoms with van der Waals surface area (Å²) in [5, 5.41) is 0.537. The van der Waals surface area contributed by atoms with Gasteiger partial charge in [0.15, 0.2) is 0 Å². The van der Waals surface area contributed by atoms with Crippen LogP contribution in [0.4, 0.5) is 0 Å². The largest absolute Gasteiger partial charge is 0.497 e. The molecule has 0 heterocycles. The van der Waals surface area contributed by atoms with E-state index in [-0.39, 0.29) is 15.7 Å². The van der Waals surface area contributed by atoms with E-state index in [0.717, 1.165) is 0 Å². The molecular formula is C13H10Cl2O4S. The molecule has 0 N–H and O–H groups in total. The molecule has 20 heavy (non-hydrogen) atoms. The van der Waals surface area contributed by atoms with Crippen molar-refractivity contribution in [2.24, 2.45) is 0 Å². The van der Waals surface area contributed by atoms with E-state index in [1.165, 1.54) is 49.6 Å². The Bertz CT molecular complexity index is 712. The van der Waals surface area contributed by atoms with Gasteiger partial charge in [0, 0.05) is 6.07 Å². The first-order chi connectivity index (χ1) is 9.42. The Morgan fingerprint density at radius 3 is 2.05 bits per heavy atom.